The summed E-state index contributed by atoms with van der Waals surface area (Å²) in [5, 5.41) is 0. The van der Waals surface area contributed by atoms with Crippen LogP contribution in [0.2, 0.25) is 0 Å². The maximum absolute atomic E-state index is 12.6. The van der Waals surface area contributed by atoms with Gasteiger partial charge in [-0.15, -0.1) is 0 Å². The molecule has 2 unspecified atom stereocenters. The van der Waals surface area contributed by atoms with Crippen molar-refractivity contribution < 1.29 is 14.3 Å². The van der Waals surface area contributed by atoms with Crippen LogP contribution in [0.5, 0.6) is 0 Å². The van der Waals surface area contributed by atoms with Gasteiger partial charge in [-0.1, -0.05) is 44.2 Å². The van der Waals surface area contributed by atoms with E-state index in [4.69, 9.17) is 4.74 Å². The zero-order valence-electron chi connectivity index (χ0n) is 13.1. The van der Waals surface area contributed by atoms with Crippen LogP contribution >= 0.6 is 0 Å². The SMILES string of the molecule is CC1CC(Cc2ccccc2)C(=O)CC(C)(C)CC(=O)O1. The smallest absolute Gasteiger partial charge is 0.306 e. The second kappa shape index (κ2) is 6.42. The Kier molecular flexibility index (Phi) is 4.81. The van der Waals surface area contributed by atoms with Gasteiger partial charge in [0.1, 0.15) is 5.78 Å². The summed E-state index contributed by atoms with van der Waals surface area (Å²) in [7, 11) is 0. The Balaban J connectivity index is 2.17. The van der Waals surface area contributed by atoms with Crippen molar-refractivity contribution in [3.8, 4) is 0 Å². The number of Topliss-reactive ketones (excluding diaryl/α,β-unsaturated/α-hetero) is 1. The minimum absolute atomic E-state index is 0.0763. The molecule has 0 aliphatic carbocycles. The molecule has 1 saturated heterocycles. The number of rotatable bonds is 2. The highest BCUT2D eigenvalue weighted by atomic mass is 16.5. The summed E-state index contributed by atoms with van der Waals surface area (Å²) in [5.74, 6) is -0.0257. The van der Waals surface area contributed by atoms with E-state index in [2.05, 4.69) is 0 Å². The molecule has 0 spiro atoms. The van der Waals surface area contributed by atoms with Crippen molar-refractivity contribution in [2.45, 2.75) is 52.6 Å². The van der Waals surface area contributed by atoms with Gasteiger partial charge >= 0.3 is 5.97 Å². The standard InChI is InChI=1S/C18H24O3/c1-13-9-15(10-14-7-5-4-6-8-14)16(19)11-18(2,3)12-17(20)21-13/h4-8,13,15H,9-12H2,1-3H3. The van der Waals surface area contributed by atoms with E-state index in [9.17, 15) is 9.59 Å². The van der Waals surface area contributed by atoms with Gasteiger partial charge in [0.2, 0.25) is 0 Å². The van der Waals surface area contributed by atoms with Crippen LogP contribution in [0.25, 0.3) is 0 Å². The van der Waals surface area contributed by atoms with Crippen molar-refractivity contribution in [1.29, 1.82) is 0 Å². The van der Waals surface area contributed by atoms with Gasteiger partial charge in [0, 0.05) is 12.3 Å². The molecule has 1 aliphatic rings. The molecule has 1 fully saturated rings. The largest absolute Gasteiger partial charge is 0.463 e. The van der Waals surface area contributed by atoms with Gasteiger partial charge in [-0.05, 0) is 30.7 Å². The van der Waals surface area contributed by atoms with E-state index in [1.54, 1.807) is 0 Å². The minimum Gasteiger partial charge on any atom is -0.463 e. The Hall–Kier alpha value is -1.64. The predicted molar refractivity (Wildman–Crippen MR) is 81.8 cm³/mol. The summed E-state index contributed by atoms with van der Waals surface area (Å²) in [6.07, 6.45) is 1.87. The molecule has 0 amide bonds. The number of hydrogen-bond donors (Lipinski definition) is 0. The molecule has 1 aliphatic heterocycles. The first-order valence-electron chi connectivity index (χ1n) is 7.62. The number of benzene rings is 1. The normalized spacial score (nSPS) is 26.4. The maximum Gasteiger partial charge on any atom is 0.306 e. The lowest BCUT2D eigenvalue weighted by Gasteiger charge is -2.23. The second-order valence-corrected chi connectivity index (χ2v) is 6.91. The summed E-state index contributed by atoms with van der Waals surface area (Å²) in [5.41, 5.74) is 0.833. The van der Waals surface area contributed by atoms with E-state index in [-0.39, 0.29) is 29.2 Å². The van der Waals surface area contributed by atoms with E-state index in [1.165, 1.54) is 0 Å². The molecule has 3 heteroatoms. The first kappa shape index (κ1) is 15.7. The van der Waals surface area contributed by atoms with Crippen molar-refractivity contribution >= 4 is 11.8 Å². The zero-order chi connectivity index (χ0) is 15.5. The molecule has 0 radical (unpaired) electrons. The molecule has 3 nitrogen and oxygen atoms in total. The Morgan fingerprint density at radius 2 is 1.81 bits per heavy atom. The topological polar surface area (TPSA) is 43.4 Å². The highest BCUT2D eigenvalue weighted by molar-refractivity contribution is 5.83. The van der Waals surface area contributed by atoms with Crippen molar-refractivity contribution in [2.75, 3.05) is 0 Å². The van der Waals surface area contributed by atoms with E-state index in [0.717, 1.165) is 12.0 Å². The molecule has 0 N–H and O–H groups in total. The van der Waals surface area contributed by atoms with Gasteiger partial charge in [-0.25, -0.2) is 0 Å². The van der Waals surface area contributed by atoms with Gasteiger partial charge in [0.15, 0.2) is 0 Å². The Morgan fingerprint density at radius 3 is 2.48 bits per heavy atom. The molecule has 114 valence electrons. The quantitative estimate of drug-likeness (QED) is 0.782. The van der Waals surface area contributed by atoms with Crippen molar-refractivity contribution in [1.82, 2.24) is 0 Å². The third kappa shape index (κ3) is 4.69. The van der Waals surface area contributed by atoms with Crippen LogP contribution in [0.4, 0.5) is 0 Å². The first-order chi connectivity index (χ1) is 9.85. The summed E-state index contributed by atoms with van der Waals surface area (Å²) in [6.45, 7) is 5.80. The number of ether oxygens (including phenoxy) is 1. The van der Waals surface area contributed by atoms with Crippen LogP contribution in [0, 0.1) is 11.3 Å². The molecule has 2 atom stereocenters. The summed E-state index contributed by atoms with van der Waals surface area (Å²) in [4.78, 5) is 24.5. The first-order valence-corrected chi connectivity index (χ1v) is 7.62. The number of carbonyl (C=O) groups excluding carboxylic acids is 2. The number of hydrogen-bond acceptors (Lipinski definition) is 3. The molecule has 21 heavy (non-hydrogen) atoms. The van der Waals surface area contributed by atoms with Crippen molar-refractivity contribution in [3.05, 3.63) is 35.9 Å². The lowest BCUT2D eigenvalue weighted by molar-refractivity contribution is -0.150. The van der Waals surface area contributed by atoms with Crippen LogP contribution in [0.1, 0.15) is 45.6 Å². The monoisotopic (exact) mass is 288 g/mol. The van der Waals surface area contributed by atoms with E-state index < -0.39 is 0 Å². The Labute approximate surface area is 126 Å². The fraction of sp³-hybridized carbons (Fsp3) is 0.556. The summed E-state index contributed by atoms with van der Waals surface area (Å²) >= 11 is 0. The molecule has 1 heterocycles. The molecular weight excluding hydrogens is 264 g/mol. The van der Waals surface area contributed by atoms with E-state index in [1.807, 2.05) is 51.1 Å². The number of ketones is 1. The third-order valence-electron chi connectivity index (χ3n) is 4.01. The lowest BCUT2D eigenvalue weighted by Crippen LogP contribution is -2.25. The Bertz CT molecular complexity index is 504. The van der Waals surface area contributed by atoms with Gasteiger partial charge in [0.05, 0.1) is 12.5 Å². The van der Waals surface area contributed by atoms with E-state index in [0.29, 0.717) is 19.3 Å². The summed E-state index contributed by atoms with van der Waals surface area (Å²) < 4.78 is 5.43. The van der Waals surface area contributed by atoms with Crippen LogP contribution in [-0.4, -0.2) is 17.9 Å². The molecule has 2 rings (SSSR count). The fourth-order valence-electron chi connectivity index (χ4n) is 3.01. The number of esters is 1. The van der Waals surface area contributed by atoms with Gasteiger partial charge in [0.25, 0.3) is 0 Å². The van der Waals surface area contributed by atoms with Gasteiger partial charge in [-0.3, -0.25) is 9.59 Å². The maximum atomic E-state index is 12.6. The minimum atomic E-state index is -0.326. The van der Waals surface area contributed by atoms with Crippen LogP contribution < -0.4 is 0 Å². The molecule has 1 aromatic rings. The van der Waals surface area contributed by atoms with Crippen LogP contribution in [-0.2, 0) is 20.7 Å². The van der Waals surface area contributed by atoms with Crippen molar-refractivity contribution in [2.24, 2.45) is 11.3 Å². The van der Waals surface area contributed by atoms with E-state index >= 15 is 0 Å². The Morgan fingerprint density at radius 1 is 1.14 bits per heavy atom. The molecule has 0 saturated carbocycles. The number of cyclic esters (lactones) is 1. The zero-order valence-corrected chi connectivity index (χ0v) is 13.1. The molecular formula is C18H24O3. The highest BCUT2D eigenvalue weighted by Gasteiger charge is 2.33. The molecule has 0 bridgehead atoms. The van der Waals surface area contributed by atoms with Gasteiger partial charge < -0.3 is 4.74 Å². The average molecular weight is 288 g/mol. The van der Waals surface area contributed by atoms with Crippen molar-refractivity contribution in [3.63, 3.8) is 0 Å². The van der Waals surface area contributed by atoms with Crippen LogP contribution in [0.15, 0.2) is 30.3 Å². The lowest BCUT2D eigenvalue weighted by atomic mass is 9.79. The van der Waals surface area contributed by atoms with Gasteiger partial charge in [-0.2, -0.15) is 0 Å². The molecule has 0 aromatic heterocycles. The average Bonchev–Trinajstić information content (AvgIpc) is 2.39. The molecule has 1 aromatic carbocycles. The predicted octanol–water partition coefficient (Wildman–Crippen LogP) is 3.56. The second-order valence-electron chi connectivity index (χ2n) is 6.91. The number of carbonyl (C=O) groups is 2. The fourth-order valence-corrected chi connectivity index (χ4v) is 3.01. The van der Waals surface area contributed by atoms with Crippen LogP contribution in [0.3, 0.4) is 0 Å². The highest BCUT2D eigenvalue weighted by Crippen LogP contribution is 2.31. The summed E-state index contributed by atoms with van der Waals surface area (Å²) in [6, 6.07) is 10.0. The third-order valence-corrected chi connectivity index (χ3v) is 4.01.